The first-order valence-corrected chi connectivity index (χ1v) is 8.25. The van der Waals surface area contributed by atoms with Crippen LogP contribution >= 0.6 is 0 Å². The largest absolute Gasteiger partial charge is 0.355 e. The lowest BCUT2D eigenvalue weighted by Crippen LogP contribution is -2.48. The van der Waals surface area contributed by atoms with Crippen LogP contribution in [0.3, 0.4) is 0 Å². The van der Waals surface area contributed by atoms with E-state index in [2.05, 4.69) is 22.4 Å². The summed E-state index contributed by atoms with van der Waals surface area (Å²) in [7, 11) is 2.20. The Morgan fingerprint density at radius 2 is 1.91 bits per heavy atom. The summed E-state index contributed by atoms with van der Waals surface area (Å²) in [5.74, 6) is 0.490. The summed E-state index contributed by atoms with van der Waals surface area (Å²) < 4.78 is 5.31. The fraction of sp³-hybridized carbons (Fsp3) is 0.444. The van der Waals surface area contributed by atoms with E-state index in [-0.39, 0.29) is 11.9 Å². The minimum atomic E-state index is -0.134. The van der Waals surface area contributed by atoms with E-state index in [9.17, 15) is 4.79 Å². The Hall–Kier alpha value is -2.14. The van der Waals surface area contributed by atoms with Gasteiger partial charge in [0, 0.05) is 29.8 Å². The second-order valence-electron chi connectivity index (χ2n) is 6.63. The highest BCUT2D eigenvalue weighted by molar-refractivity contribution is 5.93. The molecule has 1 aromatic carbocycles. The Balaban J connectivity index is 1.43. The van der Waals surface area contributed by atoms with E-state index < -0.39 is 0 Å². The number of fused-ring (bicyclic) bond motifs is 2. The van der Waals surface area contributed by atoms with Gasteiger partial charge in [-0.3, -0.25) is 4.79 Å². The Morgan fingerprint density at radius 3 is 2.61 bits per heavy atom. The van der Waals surface area contributed by atoms with Gasteiger partial charge >= 0.3 is 0 Å². The van der Waals surface area contributed by atoms with Crippen molar-refractivity contribution in [2.24, 2.45) is 0 Å². The maximum absolute atomic E-state index is 12.4. The van der Waals surface area contributed by atoms with E-state index in [1.807, 2.05) is 30.3 Å². The predicted molar refractivity (Wildman–Crippen MR) is 87.0 cm³/mol. The lowest BCUT2D eigenvalue weighted by Gasteiger charge is -2.36. The first kappa shape index (κ1) is 14.5. The monoisotopic (exact) mass is 311 g/mol. The zero-order valence-corrected chi connectivity index (χ0v) is 13.2. The Labute approximate surface area is 135 Å². The van der Waals surface area contributed by atoms with Crippen LogP contribution in [0.25, 0.3) is 11.3 Å². The minimum Gasteiger partial charge on any atom is -0.355 e. The molecule has 5 heteroatoms. The van der Waals surface area contributed by atoms with E-state index in [0.29, 0.717) is 23.5 Å². The van der Waals surface area contributed by atoms with Gasteiger partial charge in [-0.05, 0) is 32.7 Å². The van der Waals surface area contributed by atoms with Crippen molar-refractivity contribution in [3.05, 3.63) is 42.1 Å². The third-order valence-electron chi connectivity index (χ3n) is 5.23. The van der Waals surface area contributed by atoms with E-state index in [0.717, 1.165) is 18.4 Å². The molecule has 2 aliphatic heterocycles. The number of piperidine rings is 1. The maximum atomic E-state index is 12.4. The van der Waals surface area contributed by atoms with Gasteiger partial charge in [-0.15, -0.1) is 0 Å². The molecule has 1 aromatic heterocycles. The summed E-state index contributed by atoms with van der Waals surface area (Å²) in [4.78, 5) is 14.9. The summed E-state index contributed by atoms with van der Waals surface area (Å²) in [6, 6.07) is 12.9. The molecular formula is C18H21N3O2. The molecule has 0 saturated carbocycles. The van der Waals surface area contributed by atoms with Crippen molar-refractivity contribution in [1.82, 2.24) is 15.4 Å². The molecule has 5 nitrogen and oxygen atoms in total. The number of carbonyl (C=O) groups excluding carboxylic acids is 1. The Bertz CT molecular complexity index is 683. The van der Waals surface area contributed by atoms with Crippen LogP contribution in [-0.2, 0) is 0 Å². The molecule has 1 amide bonds. The number of carbonyl (C=O) groups is 1. The van der Waals surface area contributed by atoms with Crippen molar-refractivity contribution in [1.29, 1.82) is 0 Å². The van der Waals surface area contributed by atoms with Crippen LogP contribution in [0.5, 0.6) is 0 Å². The fourth-order valence-electron chi connectivity index (χ4n) is 3.91. The first-order chi connectivity index (χ1) is 11.2. The highest BCUT2D eigenvalue weighted by atomic mass is 16.5. The van der Waals surface area contributed by atoms with Gasteiger partial charge in [-0.2, -0.15) is 0 Å². The maximum Gasteiger partial charge on any atom is 0.273 e. The van der Waals surface area contributed by atoms with Gasteiger partial charge < -0.3 is 14.7 Å². The standard InChI is InChI=1S/C18H21N3O2/c1-21-14-7-8-15(21)10-13(9-14)19-18(22)16-11-17(23-20-16)12-5-3-2-4-6-12/h2-6,11,13-15H,7-10H2,1H3,(H,19,22). The van der Waals surface area contributed by atoms with Gasteiger partial charge in [0.05, 0.1) is 0 Å². The second kappa shape index (κ2) is 5.81. The highest BCUT2D eigenvalue weighted by Crippen LogP contribution is 2.34. The Kier molecular flexibility index (Phi) is 3.65. The van der Waals surface area contributed by atoms with Gasteiger partial charge in [-0.25, -0.2) is 0 Å². The van der Waals surface area contributed by atoms with Gasteiger partial charge in [-0.1, -0.05) is 35.5 Å². The number of amides is 1. The van der Waals surface area contributed by atoms with Crippen LogP contribution in [0.15, 0.2) is 40.9 Å². The van der Waals surface area contributed by atoms with Crippen LogP contribution in [0.1, 0.15) is 36.2 Å². The van der Waals surface area contributed by atoms with Crippen molar-refractivity contribution >= 4 is 5.91 Å². The van der Waals surface area contributed by atoms with Crippen molar-refractivity contribution in [2.75, 3.05) is 7.05 Å². The molecule has 0 spiro atoms. The van der Waals surface area contributed by atoms with Gasteiger partial charge in [0.25, 0.3) is 5.91 Å². The van der Waals surface area contributed by atoms with Crippen molar-refractivity contribution in [3.63, 3.8) is 0 Å². The number of benzene rings is 1. The average Bonchev–Trinajstić information content (AvgIpc) is 3.12. The zero-order valence-electron chi connectivity index (χ0n) is 13.2. The average molecular weight is 311 g/mol. The molecule has 4 rings (SSSR count). The Morgan fingerprint density at radius 1 is 1.22 bits per heavy atom. The molecule has 2 fully saturated rings. The third-order valence-corrected chi connectivity index (χ3v) is 5.23. The number of nitrogens with one attached hydrogen (secondary N) is 1. The van der Waals surface area contributed by atoms with Crippen molar-refractivity contribution < 1.29 is 9.32 Å². The molecule has 2 aliphatic rings. The topological polar surface area (TPSA) is 58.4 Å². The van der Waals surface area contributed by atoms with Crippen molar-refractivity contribution in [3.8, 4) is 11.3 Å². The van der Waals surface area contributed by atoms with Crippen molar-refractivity contribution in [2.45, 2.75) is 43.8 Å². The van der Waals surface area contributed by atoms with Crippen LogP contribution in [-0.4, -0.2) is 41.1 Å². The van der Waals surface area contributed by atoms with Crippen LogP contribution < -0.4 is 5.32 Å². The number of hydrogen-bond acceptors (Lipinski definition) is 4. The summed E-state index contributed by atoms with van der Waals surface area (Å²) in [6.45, 7) is 0. The molecule has 3 heterocycles. The number of nitrogens with zero attached hydrogens (tertiary/aromatic N) is 2. The molecule has 1 N–H and O–H groups in total. The fourth-order valence-corrected chi connectivity index (χ4v) is 3.91. The lowest BCUT2D eigenvalue weighted by molar-refractivity contribution is 0.0874. The van der Waals surface area contributed by atoms with E-state index >= 15 is 0 Å². The van der Waals surface area contributed by atoms with Crippen LogP contribution in [0, 0.1) is 0 Å². The molecule has 2 saturated heterocycles. The zero-order chi connectivity index (χ0) is 15.8. The smallest absolute Gasteiger partial charge is 0.273 e. The normalized spacial score (nSPS) is 27.1. The van der Waals surface area contributed by atoms with Gasteiger partial charge in [0.2, 0.25) is 0 Å². The first-order valence-electron chi connectivity index (χ1n) is 8.25. The molecule has 2 bridgehead atoms. The van der Waals surface area contributed by atoms with Gasteiger partial charge in [0.1, 0.15) is 0 Å². The predicted octanol–water partition coefficient (Wildman–Crippen LogP) is 2.70. The van der Waals surface area contributed by atoms with Crippen LogP contribution in [0.2, 0.25) is 0 Å². The molecule has 2 unspecified atom stereocenters. The molecular weight excluding hydrogens is 290 g/mol. The number of hydrogen-bond donors (Lipinski definition) is 1. The number of aromatic nitrogens is 1. The quantitative estimate of drug-likeness (QED) is 0.947. The molecule has 0 aliphatic carbocycles. The SMILES string of the molecule is CN1C2CCC1CC(NC(=O)c1cc(-c3ccccc3)on1)C2. The molecule has 0 radical (unpaired) electrons. The lowest BCUT2D eigenvalue weighted by atomic mass is 9.98. The molecule has 2 aromatic rings. The summed E-state index contributed by atoms with van der Waals surface area (Å²) in [5.41, 5.74) is 1.28. The molecule has 23 heavy (non-hydrogen) atoms. The van der Waals surface area contributed by atoms with E-state index in [4.69, 9.17) is 4.52 Å². The van der Waals surface area contributed by atoms with Crippen LogP contribution in [0.4, 0.5) is 0 Å². The summed E-state index contributed by atoms with van der Waals surface area (Å²) in [6.07, 6.45) is 4.55. The molecule has 2 atom stereocenters. The highest BCUT2D eigenvalue weighted by Gasteiger charge is 2.39. The minimum absolute atomic E-state index is 0.134. The summed E-state index contributed by atoms with van der Waals surface area (Å²) >= 11 is 0. The summed E-state index contributed by atoms with van der Waals surface area (Å²) in [5, 5.41) is 7.06. The van der Waals surface area contributed by atoms with Gasteiger partial charge in [0.15, 0.2) is 11.5 Å². The molecule has 120 valence electrons. The third kappa shape index (κ3) is 2.77. The van der Waals surface area contributed by atoms with E-state index in [1.165, 1.54) is 12.8 Å². The second-order valence-corrected chi connectivity index (χ2v) is 6.63. The number of rotatable bonds is 3. The van der Waals surface area contributed by atoms with E-state index in [1.54, 1.807) is 6.07 Å².